The Morgan fingerprint density at radius 1 is 1.22 bits per heavy atom. The van der Waals surface area contributed by atoms with Crippen molar-refractivity contribution in [2.75, 3.05) is 0 Å². The number of hydrogen-bond acceptors (Lipinski definition) is 2. The van der Waals surface area contributed by atoms with E-state index < -0.39 is 0 Å². The maximum Gasteiger partial charge on any atom is 0.253 e. The number of rotatable bonds is 2. The summed E-state index contributed by atoms with van der Waals surface area (Å²) in [6, 6.07) is 3.60. The van der Waals surface area contributed by atoms with Crippen molar-refractivity contribution < 1.29 is 4.79 Å². The highest BCUT2D eigenvalue weighted by molar-refractivity contribution is 5.94. The summed E-state index contributed by atoms with van der Waals surface area (Å²) >= 11 is 0. The van der Waals surface area contributed by atoms with Gasteiger partial charge >= 0.3 is 0 Å². The fourth-order valence-corrected chi connectivity index (χ4v) is 2.45. The molecule has 1 saturated carbocycles. The summed E-state index contributed by atoms with van der Waals surface area (Å²) in [5.41, 5.74) is 0.990. The van der Waals surface area contributed by atoms with E-state index >= 15 is 0 Å². The lowest BCUT2D eigenvalue weighted by atomic mass is 9.70. The Morgan fingerprint density at radius 3 is 2.44 bits per heavy atom. The predicted molar refractivity (Wildman–Crippen MR) is 72.4 cm³/mol. The number of carbonyl (C=O) groups excluding carboxylic acids is 1. The van der Waals surface area contributed by atoms with Gasteiger partial charge in [-0.3, -0.25) is 9.78 Å². The van der Waals surface area contributed by atoms with Gasteiger partial charge in [-0.05, 0) is 50.2 Å². The first-order chi connectivity index (χ1) is 8.40. The van der Waals surface area contributed by atoms with Crippen LogP contribution in [0.5, 0.6) is 0 Å². The van der Waals surface area contributed by atoms with Gasteiger partial charge in [0.2, 0.25) is 0 Å². The van der Waals surface area contributed by atoms with E-state index in [0.29, 0.717) is 11.0 Å². The molecule has 0 radical (unpaired) electrons. The number of nitrogens with zero attached hydrogens (tertiary/aromatic N) is 1. The minimum atomic E-state index is -0.0670. The molecule has 98 valence electrons. The summed E-state index contributed by atoms with van der Waals surface area (Å²) in [6.45, 7) is 6.75. The fraction of sp³-hybridized carbons (Fsp3) is 0.600. The Bertz CT molecular complexity index is 415. The lowest BCUT2D eigenvalue weighted by Gasteiger charge is -2.41. The van der Waals surface area contributed by atoms with E-state index in [4.69, 9.17) is 0 Å². The summed E-state index contributed by atoms with van der Waals surface area (Å²) < 4.78 is 0. The molecule has 1 fully saturated rings. The average molecular weight is 246 g/mol. The van der Waals surface area contributed by atoms with Crippen LogP contribution in [0.25, 0.3) is 0 Å². The molecule has 0 saturated heterocycles. The molecule has 1 aliphatic rings. The zero-order chi connectivity index (χ0) is 13.2. The molecule has 1 aromatic rings. The van der Waals surface area contributed by atoms with Crippen molar-refractivity contribution in [2.45, 2.75) is 52.0 Å². The van der Waals surface area contributed by atoms with E-state index in [1.807, 2.05) is 0 Å². The van der Waals surface area contributed by atoms with E-state index in [1.54, 1.807) is 24.5 Å². The van der Waals surface area contributed by atoms with Crippen LogP contribution in [-0.4, -0.2) is 16.4 Å². The summed E-state index contributed by atoms with van der Waals surface area (Å²) in [5.74, 6) is -0.00898. The second kappa shape index (κ2) is 4.71. The maximum absolute atomic E-state index is 12.1. The predicted octanol–water partition coefficient (Wildman–Crippen LogP) is 3.17. The SMILES string of the molecule is CC1(C)CCC(C)(NC(=O)c2cccnc2)CC1. The molecule has 1 N–H and O–H groups in total. The van der Waals surface area contributed by atoms with Crippen molar-refractivity contribution in [2.24, 2.45) is 5.41 Å². The first-order valence-electron chi connectivity index (χ1n) is 6.63. The van der Waals surface area contributed by atoms with E-state index in [-0.39, 0.29) is 11.4 Å². The van der Waals surface area contributed by atoms with Crippen LogP contribution in [-0.2, 0) is 0 Å². The van der Waals surface area contributed by atoms with Crippen LogP contribution in [0.15, 0.2) is 24.5 Å². The molecule has 0 unspecified atom stereocenters. The second-order valence-corrected chi connectivity index (χ2v) is 6.42. The lowest BCUT2D eigenvalue weighted by Crippen LogP contribution is -2.49. The monoisotopic (exact) mass is 246 g/mol. The van der Waals surface area contributed by atoms with Gasteiger partial charge in [0.1, 0.15) is 0 Å². The second-order valence-electron chi connectivity index (χ2n) is 6.42. The molecule has 0 spiro atoms. The minimum Gasteiger partial charge on any atom is -0.347 e. The molecule has 0 atom stereocenters. The molecule has 3 heteroatoms. The highest BCUT2D eigenvalue weighted by atomic mass is 16.1. The Hall–Kier alpha value is -1.38. The van der Waals surface area contributed by atoms with Crippen LogP contribution in [0.2, 0.25) is 0 Å². The molecule has 2 rings (SSSR count). The van der Waals surface area contributed by atoms with E-state index in [1.165, 1.54) is 0 Å². The van der Waals surface area contributed by atoms with Gasteiger partial charge in [0.05, 0.1) is 5.56 Å². The zero-order valence-corrected chi connectivity index (χ0v) is 11.5. The molecule has 1 aromatic heterocycles. The van der Waals surface area contributed by atoms with Crippen molar-refractivity contribution in [3.63, 3.8) is 0 Å². The Kier molecular flexibility index (Phi) is 3.42. The van der Waals surface area contributed by atoms with Crippen molar-refractivity contribution in [3.8, 4) is 0 Å². The standard InChI is InChI=1S/C15H22N2O/c1-14(2)6-8-15(3,9-7-14)17-13(18)12-5-4-10-16-11-12/h4-5,10-11H,6-9H2,1-3H3,(H,17,18). The first kappa shape index (κ1) is 13.1. The van der Waals surface area contributed by atoms with Crippen molar-refractivity contribution >= 4 is 5.91 Å². The Balaban J connectivity index is 2.00. The largest absolute Gasteiger partial charge is 0.347 e. The number of pyridine rings is 1. The van der Waals surface area contributed by atoms with Gasteiger partial charge in [-0.15, -0.1) is 0 Å². The van der Waals surface area contributed by atoms with Gasteiger partial charge in [-0.2, -0.15) is 0 Å². The smallest absolute Gasteiger partial charge is 0.253 e. The van der Waals surface area contributed by atoms with Gasteiger partial charge in [0, 0.05) is 17.9 Å². The summed E-state index contributed by atoms with van der Waals surface area (Å²) in [5, 5.41) is 3.17. The minimum absolute atomic E-state index is 0.00898. The molecule has 0 bridgehead atoms. The number of aromatic nitrogens is 1. The third kappa shape index (κ3) is 3.09. The average Bonchev–Trinajstić information content (AvgIpc) is 2.35. The topological polar surface area (TPSA) is 42.0 Å². The molecule has 1 amide bonds. The molecule has 3 nitrogen and oxygen atoms in total. The third-order valence-electron chi connectivity index (χ3n) is 4.05. The van der Waals surface area contributed by atoms with Crippen LogP contribution in [0.3, 0.4) is 0 Å². The van der Waals surface area contributed by atoms with Crippen LogP contribution >= 0.6 is 0 Å². The van der Waals surface area contributed by atoms with Crippen molar-refractivity contribution in [3.05, 3.63) is 30.1 Å². The van der Waals surface area contributed by atoms with E-state index in [9.17, 15) is 4.79 Å². The summed E-state index contributed by atoms with van der Waals surface area (Å²) in [7, 11) is 0. The number of amides is 1. The maximum atomic E-state index is 12.1. The quantitative estimate of drug-likeness (QED) is 0.871. The molecule has 0 aliphatic heterocycles. The first-order valence-corrected chi connectivity index (χ1v) is 6.63. The summed E-state index contributed by atoms with van der Waals surface area (Å²) in [4.78, 5) is 16.1. The zero-order valence-electron chi connectivity index (χ0n) is 11.5. The number of carbonyl (C=O) groups is 1. The van der Waals surface area contributed by atoms with Gasteiger partial charge in [-0.1, -0.05) is 13.8 Å². The van der Waals surface area contributed by atoms with E-state index in [0.717, 1.165) is 25.7 Å². The fourth-order valence-electron chi connectivity index (χ4n) is 2.45. The molecule has 0 aromatic carbocycles. The van der Waals surface area contributed by atoms with Gasteiger partial charge in [0.25, 0.3) is 5.91 Å². The van der Waals surface area contributed by atoms with Crippen LogP contribution in [0, 0.1) is 5.41 Å². The van der Waals surface area contributed by atoms with Gasteiger partial charge < -0.3 is 5.32 Å². The van der Waals surface area contributed by atoms with Crippen molar-refractivity contribution in [1.82, 2.24) is 10.3 Å². The molecule has 18 heavy (non-hydrogen) atoms. The molecular formula is C15H22N2O. The van der Waals surface area contributed by atoms with Crippen LogP contribution in [0.1, 0.15) is 56.8 Å². The van der Waals surface area contributed by atoms with Gasteiger partial charge in [0.15, 0.2) is 0 Å². The third-order valence-corrected chi connectivity index (χ3v) is 4.05. The number of hydrogen-bond donors (Lipinski definition) is 1. The van der Waals surface area contributed by atoms with Crippen LogP contribution in [0.4, 0.5) is 0 Å². The summed E-state index contributed by atoms with van der Waals surface area (Å²) in [6.07, 6.45) is 7.72. The highest BCUT2D eigenvalue weighted by Crippen LogP contribution is 2.39. The lowest BCUT2D eigenvalue weighted by molar-refractivity contribution is 0.0828. The number of nitrogens with one attached hydrogen (secondary N) is 1. The van der Waals surface area contributed by atoms with Gasteiger partial charge in [-0.25, -0.2) is 0 Å². The Morgan fingerprint density at radius 2 is 1.89 bits per heavy atom. The highest BCUT2D eigenvalue weighted by Gasteiger charge is 2.35. The van der Waals surface area contributed by atoms with Crippen LogP contribution < -0.4 is 5.32 Å². The molecule has 1 aliphatic carbocycles. The molecule has 1 heterocycles. The molecular weight excluding hydrogens is 224 g/mol. The Labute approximate surface area is 109 Å². The van der Waals surface area contributed by atoms with Crippen molar-refractivity contribution in [1.29, 1.82) is 0 Å². The normalized spacial score (nSPS) is 21.3. The van der Waals surface area contributed by atoms with E-state index in [2.05, 4.69) is 31.1 Å².